The predicted molar refractivity (Wildman–Crippen MR) is 117 cm³/mol. The summed E-state index contributed by atoms with van der Waals surface area (Å²) in [5.74, 6) is -1.52. The molecule has 1 N–H and O–H groups in total. The molecule has 0 bridgehead atoms. The molecule has 1 amide bonds. The molecule has 0 aromatic heterocycles. The second-order valence-corrected chi connectivity index (χ2v) is 7.52. The van der Waals surface area contributed by atoms with Gasteiger partial charge in [-0.3, -0.25) is 9.59 Å². The Bertz CT molecular complexity index is 1110. The van der Waals surface area contributed by atoms with Crippen LogP contribution in [0.2, 0.25) is 5.02 Å². The van der Waals surface area contributed by atoms with Crippen molar-refractivity contribution in [2.24, 2.45) is 0 Å². The number of hydrogen-bond acceptors (Lipinski definition) is 3. The number of rotatable bonds is 5. The Hall–Kier alpha value is -3.37. The van der Waals surface area contributed by atoms with E-state index in [2.05, 4.69) is 0 Å². The number of carbonyl (C=O) groups excluding carboxylic acids is 2. The van der Waals surface area contributed by atoms with Crippen molar-refractivity contribution in [1.82, 2.24) is 4.90 Å². The highest BCUT2D eigenvalue weighted by molar-refractivity contribution is 6.47. The Morgan fingerprint density at radius 2 is 1.47 bits per heavy atom. The van der Waals surface area contributed by atoms with Gasteiger partial charge in [0, 0.05) is 17.1 Å². The van der Waals surface area contributed by atoms with Gasteiger partial charge in [0.2, 0.25) is 0 Å². The molecule has 1 heterocycles. The van der Waals surface area contributed by atoms with E-state index in [4.69, 9.17) is 11.6 Å². The molecule has 150 valence electrons. The fourth-order valence-electron chi connectivity index (χ4n) is 3.78. The Labute approximate surface area is 180 Å². The number of likely N-dealkylation sites (tertiary alicyclic amines) is 1. The van der Waals surface area contributed by atoms with E-state index in [1.54, 1.807) is 48.5 Å². The normalized spacial score (nSPS) is 18.0. The number of benzene rings is 3. The van der Waals surface area contributed by atoms with Gasteiger partial charge < -0.3 is 10.0 Å². The van der Waals surface area contributed by atoms with E-state index < -0.39 is 17.7 Å². The molecule has 5 heteroatoms. The van der Waals surface area contributed by atoms with Crippen molar-refractivity contribution >= 4 is 29.1 Å². The fraction of sp³-hybridized carbons (Fsp3) is 0.120. The van der Waals surface area contributed by atoms with Crippen molar-refractivity contribution in [3.8, 4) is 0 Å². The molecule has 3 aromatic carbocycles. The van der Waals surface area contributed by atoms with E-state index in [1.165, 1.54) is 4.90 Å². The van der Waals surface area contributed by atoms with Gasteiger partial charge in [-0.1, -0.05) is 90.5 Å². The maximum atomic E-state index is 13.0. The summed E-state index contributed by atoms with van der Waals surface area (Å²) in [5.41, 5.74) is 2.22. The van der Waals surface area contributed by atoms with Crippen LogP contribution in [0.5, 0.6) is 0 Å². The van der Waals surface area contributed by atoms with E-state index in [0.717, 1.165) is 5.56 Å². The molecule has 1 aliphatic rings. The SMILES string of the molecule is O=C1C(=O)N(CCc2ccccc2)[C@@H](c2ccccc2Cl)/C1=C(\O)c1ccccc1. The van der Waals surface area contributed by atoms with Crippen LogP contribution >= 0.6 is 11.6 Å². The first-order valence-corrected chi connectivity index (χ1v) is 10.1. The van der Waals surface area contributed by atoms with Gasteiger partial charge in [-0.05, 0) is 23.6 Å². The zero-order valence-corrected chi connectivity index (χ0v) is 16.9. The van der Waals surface area contributed by atoms with Crippen molar-refractivity contribution in [3.05, 3.63) is 112 Å². The average Bonchev–Trinajstić information content (AvgIpc) is 3.03. The van der Waals surface area contributed by atoms with E-state index in [-0.39, 0.29) is 11.3 Å². The first-order chi connectivity index (χ1) is 14.6. The number of aliphatic hydroxyl groups is 1. The second-order valence-electron chi connectivity index (χ2n) is 7.12. The molecule has 30 heavy (non-hydrogen) atoms. The number of Topliss-reactive ketones (excluding diaryl/α,β-unsaturated/α-hetero) is 1. The van der Waals surface area contributed by atoms with Crippen molar-refractivity contribution in [1.29, 1.82) is 0 Å². The Morgan fingerprint density at radius 3 is 2.13 bits per heavy atom. The highest BCUT2D eigenvalue weighted by atomic mass is 35.5. The molecular weight excluding hydrogens is 398 g/mol. The molecule has 1 atom stereocenters. The summed E-state index contributed by atoms with van der Waals surface area (Å²) in [6.07, 6.45) is 0.584. The number of hydrogen-bond donors (Lipinski definition) is 1. The molecule has 1 saturated heterocycles. The predicted octanol–water partition coefficient (Wildman–Crippen LogP) is 5.00. The maximum Gasteiger partial charge on any atom is 0.295 e. The molecule has 0 radical (unpaired) electrons. The van der Waals surface area contributed by atoms with E-state index >= 15 is 0 Å². The number of amides is 1. The number of carbonyl (C=O) groups is 2. The number of halogens is 1. The van der Waals surface area contributed by atoms with E-state index in [0.29, 0.717) is 29.1 Å². The van der Waals surface area contributed by atoms with Crippen molar-refractivity contribution in [3.63, 3.8) is 0 Å². The lowest BCUT2D eigenvalue weighted by molar-refractivity contribution is -0.139. The minimum atomic E-state index is -0.748. The largest absolute Gasteiger partial charge is 0.507 e. The lowest BCUT2D eigenvalue weighted by atomic mass is 9.95. The molecular formula is C25H20ClNO3. The van der Waals surface area contributed by atoms with Crippen molar-refractivity contribution < 1.29 is 14.7 Å². The third kappa shape index (κ3) is 3.74. The van der Waals surface area contributed by atoms with Crippen LogP contribution in [0.15, 0.2) is 90.5 Å². The van der Waals surface area contributed by atoms with Crippen LogP contribution < -0.4 is 0 Å². The molecule has 0 aliphatic carbocycles. The van der Waals surface area contributed by atoms with Crippen LogP contribution in [0.25, 0.3) is 5.76 Å². The van der Waals surface area contributed by atoms with Gasteiger partial charge >= 0.3 is 0 Å². The lowest BCUT2D eigenvalue weighted by Crippen LogP contribution is -2.31. The summed E-state index contributed by atoms with van der Waals surface area (Å²) in [5, 5.41) is 11.4. The third-order valence-electron chi connectivity index (χ3n) is 5.27. The molecule has 3 aromatic rings. The fourth-order valence-corrected chi connectivity index (χ4v) is 4.02. The van der Waals surface area contributed by atoms with Crippen molar-refractivity contribution in [2.75, 3.05) is 6.54 Å². The van der Waals surface area contributed by atoms with Crippen LogP contribution in [0.4, 0.5) is 0 Å². The minimum absolute atomic E-state index is 0.0624. The second kappa shape index (κ2) is 8.56. The molecule has 0 unspecified atom stereocenters. The molecule has 0 spiro atoms. The summed E-state index contributed by atoms with van der Waals surface area (Å²) in [6.45, 7) is 0.329. The first-order valence-electron chi connectivity index (χ1n) is 9.70. The smallest absolute Gasteiger partial charge is 0.295 e. The van der Waals surface area contributed by atoms with E-state index in [1.807, 2.05) is 36.4 Å². The topological polar surface area (TPSA) is 57.6 Å². The van der Waals surface area contributed by atoms with E-state index in [9.17, 15) is 14.7 Å². The van der Waals surface area contributed by atoms with Crippen LogP contribution in [0, 0.1) is 0 Å². The van der Waals surface area contributed by atoms with Crippen LogP contribution in [0.1, 0.15) is 22.7 Å². The zero-order chi connectivity index (χ0) is 21.1. The highest BCUT2D eigenvalue weighted by Gasteiger charge is 2.46. The molecule has 1 aliphatic heterocycles. The van der Waals surface area contributed by atoms with Crippen LogP contribution in [-0.2, 0) is 16.0 Å². The monoisotopic (exact) mass is 417 g/mol. The summed E-state index contributed by atoms with van der Waals surface area (Å²) >= 11 is 6.44. The average molecular weight is 418 g/mol. The highest BCUT2D eigenvalue weighted by Crippen LogP contribution is 2.41. The van der Waals surface area contributed by atoms with Gasteiger partial charge in [0.25, 0.3) is 11.7 Å². The maximum absolute atomic E-state index is 13.0. The van der Waals surface area contributed by atoms with Crippen LogP contribution in [0.3, 0.4) is 0 Å². The van der Waals surface area contributed by atoms with Crippen LogP contribution in [-0.4, -0.2) is 28.2 Å². The van der Waals surface area contributed by atoms with Gasteiger partial charge in [-0.2, -0.15) is 0 Å². The molecule has 0 saturated carbocycles. The van der Waals surface area contributed by atoms with Gasteiger partial charge in [-0.25, -0.2) is 0 Å². The first kappa shape index (κ1) is 19.9. The van der Waals surface area contributed by atoms with Gasteiger partial charge in [0.05, 0.1) is 11.6 Å². The summed E-state index contributed by atoms with van der Waals surface area (Å²) in [7, 11) is 0. The third-order valence-corrected chi connectivity index (χ3v) is 5.62. The lowest BCUT2D eigenvalue weighted by Gasteiger charge is -2.26. The Balaban J connectivity index is 1.80. The summed E-state index contributed by atoms with van der Waals surface area (Å²) in [6, 6.07) is 24.9. The Kier molecular flexibility index (Phi) is 5.68. The van der Waals surface area contributed by atoms with Crippen molar-refractivity contribution in [2.45, 2.75) is 12.5 Å². The standard InChI is InChI=1S/C25H20ClNO3/c26-20-14-8-7-13-19(20)22-21(23(28)18-11-5-2-6-12-18)24(29)25(30)27(22)16-15-17-9-3-1-4-10-17/h1-14,22,28H,15-16H2/b23-21+/t22-/m0/s1. The Morgan fingerprint density at radius 1 is 0.867 bits per heavy atom. The summed E-state index contributed by atoms with van der Waals surface area (Å²) in [4.78, 5) is 27.4. The minimum Gasteiger partial charge on any atom is -0.507 e. The number of aliphatic hydroxyl groups excluding tert-OH is 1. The summed E-state index contributed by atoms with van der Waals surface area (Å²) < 4.78 is 0. The molecule has 4 nitrogen and oxygen atoms in total. The molecule has 4 rings (SSSR count). The number of nitrogens with zero attached hydrogens (tertiary/aromatic N) is 1. The van der Waals surface area contributed by atoms with Gasteiger partial charge in [0.15, 0.2) is 0 Å². The zero-order valence-electron chi connectivity index (χ0n) is 16.2. The van der Waals surface area contributed by atoms with Gasteiger partial charge in [0.1, 0.15) is 5.76 Å². The molecule has 1 fully saturated rings. The quantitative estimate of drug-likeness (QED) is 0.361. The number of ketones is 1. The van der Waals surface area contributed by atoms with Gasteiger partial charge in [-0.15, -0.1) is 0 Å².